The van der Waals surface area contributed by atoms with Gasteiger partial charge in [0.25, 0.3) is 0 Å². The summed E-state index contributed by atoms with van der Waals surface area (Å²) in [5.41, 5.74) is 0.534. The fourth-order valence-electron chi connectivity index (χ4n) is 1.86. The van der Waals surface area contributed by atoms with Crippen LogP contribution in [-0.2, 0) is 19.5 Å². The molecule has 1 aliphatic carbocycles. The number of hydrogen-bond acceptors (Lipinski definition) is 6. The predicted octanol–water partition coefficient (Wildman–Crippen LogP) is 1.55. The third-order valence-electron chi connectivity index (χ3n) is 3.15. The van der Waals surface area contributed by atoms with Crippen LogP contribution in [0.3, 0.4) is 0 Å². The Morgan fingerprint density at radius 3 is 2.81 bits per heavy atom. The molecule has 0 bridgehead atoms. The van der Waals surface area contributed by atoms with Crippen LogP contribution in [0.1, 0.15) is 28.1 Å². The van der Waals surface area contributed by atoms with Gasteiger partial charge in [-0.05, 0) is 36.6 Å². The molecule has 0 aliphatic heterocycles. The number of nitrogens with one attached hydrogen (secondary N) is 1. The van der Waals surface area contributed by atoms with Gasteiger partial charge < -0.3 is 9.47 Å². The molecule has 1 heterocycles. The van der Waals surface area contributed by atoms with Crippen molar-refractivity contribution in [3.8, 4) is 0 Å². The molecule has 1 N–H and O–H groups in total. The number of carbonyl (C=O) groups is 1. The summed E-state index contributed by atoms with van der Waals surface area (Å²) in [5, 5.41) is 1.63. The van der Waals surface area contributed by atoms with Crippen molar-refractivity contribution in [1.29, 1.82) is 0 Å². The van der Waals surface area contributed by atoms with E-state index in [0.717, 1.165) is 11.3 Å². The van der Waals surface area contributed by atoms with Crippen LogP contribution in [0.15, 0.2) is 10.3 Å². The van der Waals surface area contributed by atoms with Crippen LogP contribution in [0.5, 0.6) is 0 Å². The summed E-state index contributed by atoms with van der Waals surface area (Å²) in [6.07, 6.45) is 2.39. The largest absolute Gasteiger partial charge is 0.465 e. The van der Waals surface area contributed by atoms with E-state index in [1.165, 1.54) is 20.0 Å². The molecule has 1 aromatic rings. The van der Waals surface area contributed by atoms with Crippen molar-refractivity contribution < 1.29 is 22.7 Å². The topological polar surface area (TPSA) is 81.7 Å². The number of methoxy groups -OCH3 is 1. The van der Waals surface area contributed by atoms with Gasteiger partial charge in [0.2, 0.25) is 10.0 Å². The lowest BCUT2D eigenvalue weighted by molar-refractivity contribution is 0.0602. The van der Waals surface area contributed by atoms with E-state index in [2.05, 4.69) is 9.46 Å². The first-order valence-electron chi connectivity index (χ1n) is 6.69. The van der Waals surface area contributed by atoms with Crippen molar-refractivity contribution in [3.63, 3.8) is 0 Å². The van der Waals surface area contributed by atoms with Crippen molar-refractivity contribution >= 4 is 27.3 Å². The maximum atomic E-state index is 12.3. The lowest BCUT2D eigenvalue weighted by atomic mass is 10.3. The van der Waals surface area contributed by atoms with E-state index in [9.17, 15) is 13.2 Å². The first-order chi connectivity index (χ1) is 9.95. The maximum absolute atomic E-state index is 12.3. The Hall–Kier alpha value is -0.960. The Labute approximate surface area is 128 Å². The van der Waals surface area contributed by atoms with Gasteiger partial charge in [-0.1, -0.05) is 0 Å². The molecule has 118 valence electrons. The number of rotatable bonds is 8. The van der Waals surface area contributed by atoms with E-state index < -0.39 is 16.0 Å². The third kappa shape index (κ3) is 4.26. The zero-order valence-corrected chi connectivity index (χ0v) is 13.7. The minimum Gasteiger partial charge on any atom is -0.465 e. The fraction of sp³-hybridized carbons (Fsp3) is 0.615. The Morgan fingerprint density at radius 1 is 1.48 bits per heavy atom. The van der Waals surface area contributed by atoms with Crippen LogP contribution in [0.4, 0.5) is 0 Å². The molecular formula is C13H19NO5S2. The van der Waals surface area contributed by atoms with Crippen LogP contribution in [0, 0.1) is 12.8 Å². The van der Waals surface area contributed by atoms with Crippen LogP contribution in [0.2, 0.25) is 0 Å². The lowest BCUT2D eigenvalue weighted by Crippen LogP contribution is -2.29. The van der Waals surface area contributed by atoms with Gasteiger partial charge in [0.05, 0.1) is 13.7 Å². The summed E-state index contributed by atoms with van der Waals surface area (Å²) in [6.45, 7) is 2.85. The molecule has 21 heavy (non-hydrogen) atoms. The molecule has 1 fully saturated rings. The van der Waals surface area contributed by atoms with Gasteiger partial charge in [0.1, 0.15) is 9.77 Å². The minimum atomic E-state index is -3.74. The second kappa shape index (κ2) is 6.87. The quantitative estimate of drug-likeness (QED) is 0.576. The SMILES string of the molecule is COC(=O)c1scc(C)c1S(=O)(=O)NCCOCC1CC1. The van der Waals surface area contributed by atoms with E-state index in [0.29, 0.717) is 24.7 Å². The molecule has 8 heteroatoms. The van der Waals surface area contributed by atoms with E-state index in [1.54, 1.807) is 12.3 Å². The normalized spacial score (nSPS) is 15.1. The summed E-state index contributed by atoms with van der Waals surface area (Å²) in [5.74, 6) is 0.00473. The highest BCUT2D eigenvalue weighted by molar-refractivity contribution is 7.89. The Bertz CT molecular complexity index is 604. The molecular weight excluding hydrogens is 314 g/mol. The zero-order chi connectivity index (χ0) is 15.5. The van der Waals surface area contributed by atoms with Crippen LogP contribution in [0.25, 0.3) is 0 Å². The highest BCUT2D eigenvalue weighted by Crippen LogP contribution is 2.29. The second-order valence-corrected chi connectivity index (χ2v) is 7.57. The van der Waals surface area contributed by atoms with E-state index in [-0.39, 0.29) is 16.3 Å². The number of ether oxygens (including phenoxy) is 2. The molecule has 0 atom stereocenters. The van der Waals surface area contributed by atoms with E-state index in [1.807, 2.05) is 0 Å². The molecule has 0 unspecified atom stereocenters. The molecule has 0 aromatic carbocycles. The van der Waals surface area contributed by atoms with Gasteiger partial charge >= 0.3 is 5.97 Å². The third-order valence-corrected chi connectivity index (χ3v) is 6.00. The smallest absolute Gasteiger partial charge is 0.349 e. The number of aryl methyl sites for hydroxylation is 1. The number of thiophene rings is 1. The van der Waals surface area contributed by atoms with Gasteiger partial charge in [0.15, 0.2) is 0 Å². The number of sulfonamides is 1. The summed E-state index contributed by atoms with van der Waals surface area (Å²) < 4.78 is 37.1. The average Bonchev–Trinajstić information content (AvgIpc) is 3.17. The first-order valence-corrected chi connectivity index (χ1v) is 9.06. The Morgan fingerprint density at radius 2 is 2.19 bits per heavy atom. The van der Waals surface area contributed by atoms with E-state index >= 15 is 0 Å². The lowest BCUT2D eigenvalue weighted by Gasteiger charge is -2.09. The molecule has 2 rings (SSSR count). The standard InChI is InChI=1S/C13H19NO5S2/c1-9-8-20-11(13(15)18-2)12(9)21(16,17)14-5-6-19-7-10-3-4-10/h8,10,14H,3-7H2,1-2H3. The van der Waals surface area contributed by atoms with Gasteiger partial charge in [-0.3, -0.25) is 0 Å². The van der Waals surface area contributed by atoms with Crippen molar-refractivity contribution in [2.45, 2.75) is 24.7 Å². The number of hydrogen-bond donors (Lipinski definition) is 1. The number of carbonyl (C=O) groups excluding carboxylic acids is 1. The van der Waals surface area contributed by atoms with Gasteiger partial charge in [-0.15, -0.1) is 11.3 Å². The van der Waals surface area contributed by atoms with Gasteiger partial charge in [0, 0.05) is 13.2 Å². The molecule has 1 aromatic heterocycles. The van der Waals surface area contributed by atoms with Crippen molar-refractivity contribution in [2.24, 2.45) is 5.92 Å². The molecule has 6 nitrogen and oxygen atoms in total. The summed E-state index contributed by atoms with van der Waals surface area (Å²) >= 11 is 1.07. The van der Waals surface area contributed by atoms with Crippen molar-refractivity contribution in [3.05, 3.63) is 15.8 Å². The zero-order valence-electron chi connectivity index (χ0n) is 12.0. The summed E-state index contributed by atoms with van der Waals surface area (Å²) in [7, 11) is -2.51. The van der Waals surface area contributed by atoms with E-state index in [4.69, 9.17) is 4.74 Å². The fourth-order valence-corrected chi connectivity index (χ4v) is 4.57. The molecule has 0 amide bonds. The second-order valence-electron chi connectivity index (χ2n) is 4.98. The van der Waals surface area contributed by atoms with Crippen LogP contribution >= 0.6 is 11.3 Å². The van der Waals surface area contributed by atoms with Gasteiger partial charge in [-0.25, -0.2) is 17.9 Å². The summed E-state index contributed by atoms with van der Waals surface area (Å²) in [4.78, 5) is 11.7. The first kappa shape index (κ1) is 16.4. The highest BCUT2D eigenvalue weighted by atomic mass is 32.2. The predicted molar refractivity (Wildman–Crippen MR) is 79.1 cm³/mol. The van der Waals surface area contributed by atoms with Gasteiger partial charge in [-0.2, -0.15) is 0 Å². The Balaban J connectivity index is 1.97. The summed E-state index contributed by atoms with van der Waals surface area (Å²) in [6, 6.07) is 0. The molecule has 0 radical (unpaired) electrons. The minimum absolute atomic E-state index is 0.00143. The number of esters is 1. The highest BCUT2D eigenvalue weighted by Gasteiger charge is 2.27. The van der Waals surface area contributed by atoms with Crippen molar-refractivity contribution in [2.75, 3.05) is 26.9 Å². The van der Waals surface area contributed by atoms with Crippen LogP contribution < -0.4 is 4.72 Å². The molecule has 1 aliphatic rings. The molecule has 0 saturated heterocycles. The maximum Gasteiger partial charge on any atom is 0.349 e. The average molecular weight is 333 g/mol. The molecule has 0 spiro atoms. The monoisotopic (exact) mass is 333 g/mol. The van der Waals surface area contributed by atoms with Crippen LogP contribution in [-0.4, -0.2) is 41.3 Å². The Kier molecular flexibility index (Phi) is 5.37. The van der Waals surface area contributed by atoms with Crippen molar-refractivity contribution in [1.82, 2.24) is 4.72 Å². The molecule has 1 saturated carbocycles.